The van der Waals surface area contributed by atoms with E-state index in [1.807, 2.05) is 78.2 Å². The van der Waals surface area contributed by atoms with Crippen LogP contribution in [0.3, 0.4) is 0 Å². The van der Waals surface area contributed by atoms with Crippen LogP contribution in [0.15, 0.2) is 84.3 Å². The maximum Gasteiger partial charge on any atom is 0.331 e. The Bertz CT molecular complexity index is 864. The number of thiophene rings is 1. The van der Waals surface area contributed by atoms with Gasteiger partial charge in [-0.15, -0.1) is 11.3 Å². The van der Waals surface area contributed by atoms with Crippen molar-refractivity contribution < 1.29 is 14.3 Å². The van der Waals surface area contributed by atoms with E-state index in [2.05, 4.69) is 0 Å². The molecule has 0 radical (unpaired) electrons. The summed E-state index contributed by atoms with van der Waals surface area (Å²) in [5.74, 6) is -0.758. The number of hydrogen-bond donors (Lipinski definition) is 0. The first kappa shape index (κ1) is 19.6. The maximum absolute atomic E-state index is 12.7. The number of carbonyl (C=O) groups is 2. The van der Waals surface area contributed by atoms with Crippen molar-refractivity contribution in [1.82, 2.24) is 4.90 Å². The summed E-state index contributed by atoms with van der Waals surface area (Å²) in [5.41, 5.74) is 2.05. The van der Waals surface area contributed by atoms with E-state index < -0.39 is 5.97 Å². The fourth-order valence-electron chi connectivity index (χ4n) is 2.65. The van der Waals surface area contributed by atoms with Crippen LogP contribution in [0.4, 0.5) is 0 Å². The van der Waals surface area contributed by atoms with Gasteiger partial charge < -0.3 is 9.64 Å². The Hall–Kier alpha value is -3.18. The van der Waals surface area contributed by atoms with Crippen LogP contribution in [0.5, 0.6) is 0 Å². The topological polar surface area (TPSA) is 46.6 Å². The van der Waals surface area contributed by atoms with Crippen LogP contribution in [0.1, 0.15) is 16.0 Å². The van der Waals surface area contributed by atoms with Gasteiger partial charge in [0, 0.05) is 24.0 Å². The molecule has 28 heavy (non-hydrogen) atoms. The van der Waals surface area contributed by atoms with Gasteiger partial charge in [-0.2, -0.15) is 0 Å². The van der Waals surface area contributed by atoms with Gasteiger partial charge in [0.15, 0.2) is 6.61 Å². The Morgan fingerprint density at radius 1 is 0.857 bits per heavy atom. The van der Waals surface area contributed by atoms with E-state index in [1.54, 1.807) is 11.0 Å². The third-order valence-corrected chi connectivity index (χ3v) is 4.89. The maximum atomic E-state index is 12.7. The summed E-state index contributed by atoms with van der Waals surface area (Å²) < 4.78 is 5.15. The molecular weight excluding hydrogens is 370 g/mol. The predicted octanol–water partition coefficient (Wildman–Crippen LogP) is 4.53. The number of rotatable bonds is 8. The lowest BCUT2D eigenvalue weighted by molar-refractivity contribution is -0.148. The molecule has 142 valence electrons. The largest absolute Gasteiger partial charge is 0.452 e. The SMILES string of the molecule is O=C(/C=C/c1cccs1)OCC(=O)N(Cc1ccccc1)Cc1ccccc1. The van der Waals surface area contributed by atoms with Gasteiger partial charge in [0.05, 0.1) is 0 Å². The highest BCUT2D eigenvalue weighted by atomic mass is 32.1. The van der Waals surface area contributed by atoms with Crippen LogP contribution in [0.2, 0.25) is 0 Å². The third-order valence-electron chi connectivity index (χ3n) is 4.05. The molecule has 0 fully saturated rings. The number of carbonyl (C=O) groups excluding carboxylic acids is 2. The standard InChI is InChI=1S/C23H21NO3S/c25-22(18-27-23(26)14-13-21-12-7-15-28-21)24(16-19-8-3-1-4-9-19)17-20-10-5-2-6-11-20/h1-15H,16-18H2/b14-13+. The molecule has 0 aliphatic heterocycles. The molecule has 0 N–H and O–H groups in total. The lowest BCUT2D eigenvalue weighted by atomic mass is 10.1. The van der Waals surface area contributed by atoms with Crippen molar-refractivity contribution in [3.05, 3.63) is 100 Å². The summed E-state index contributed by atoms with van der Waals surface area (Å²) >= 11 is 1.53. The van der Waals surface area contributed by atoms with Gasteiger partial charge in [-0.1, -0.05) is 66.7 Å². The Balaban J connectivity index is 1.61. The van der Waals surface area contributed by atoms with Gasteiger partial charge >= 0.3 is 5.97 Å². The Morgan fingerprint density at radius 3 is 2.00 bits per heavy atom. The van der Waals surface area contributed by atoms with Crippen molar-refractivity contribution in [2.24, 2.45) is 0 Å². The molecule has 5 heteroatoms. The van der Waals surface area contributed by atoms with Gasteiger partial charge in [-0.3, -0.25) is 4.79 Å². The second-order valence-electron chi connectivity index (χ2n) is 6.18. The monoisotopic (exact) mass is 391 g/mol. The summed E-state index contributed by atoms with van der Waals surface area (Å²) in [5, 5.41) is 1.93. The molecule has 0 aliphatic rings. The molecular formula is C23H21NO3S. The quantitative estimate of drug-likeness (QED) is 0.419. The smallest absolute Gasteiger partial charge is 0.331 e. The zero-order chi connectivity index (χ0) is 19.6. The van der Waals surface area contributed by atoms with Gasteiger partial charge in [0.25, 0.3) is 5.91 Å². The van der Waals surface area contributed by atoms with Crippen molar-refractivity contribution in [1.29, 1.82) is 0 Å². The summed E-state index contributed by atoms with van der Waals surface area (Å²) in [6.07, 6.45) is 3.03. The fourth-order valence-corrected chi connectivity index (χ4v) is 3.27. The van der Waals surface area contributed by atoms with Gasteiger partial charge in [-0.05, 0) is 28.6 Å². The van der Waals surface area contributed by atoms with E-state index in [0.717, 1.165) is 16.0 Å². The average Bonchev–Trinajstić information content (AvgIpc) is 3.25. The Kier molecular flexibility index (Phi) is 7.15. The zero-order valence-corrected chi connectivity index (χ0v) is 16.2. The van der Waals surface area contributed by atoms with E-state index in [-0.39, 0.29) is 12.5 Å². The summed E-state index contributed by atoms with van der Waals surface area (Å²) in [7, 11) is 0. The molecule has 0 spiro atoms. The molecule has 0 aliphatic carbocycles. The van der Waals surface area contributed by atoms with E-state index in [0.29, 0.717) is 13.1 Å². The summed E-state index contributed by atoms with van der Waals surface area (Å²) in [4.78, 5) is 27.3. The molecule has 1 heterocycles. The number of ether oxygens (including phenoxy) is 1. The van der Waals surface area contributed by atoms with E-state index in [4.69, 9.17) is 4.74 Å². The van der Waals surface area contributed by atoms with Crippen LogP contribution >= 0.6 is 11.3 Å². The molecule has 1 aromatic heterocycles. The highest BCUT2D eigenvalue weighted by Crippen LogP contribution is 2.12. The molecule has 4 nitrogen and oxygen atoms in total. The molecule has 1 amide bonds. The first-order chi connectivity index (χ1) is 13.7. The molecule has 2 aromatic carbocycles. The lowest BCUT2D eigenvalue weighted by Gasteiger charge is -2.23. The normalized spacial score (nSPS) is 10.7. The van der Waals surface area contributed by atoms with E-state index in [1.165, 1.54) is 17.4 Å². The van der Waals surface area contributed by atoms with Gasteiger partial charge in [0.1, 0.15) is 0 Å². The summed E-state index contributed by atoms with van der Waals surface area (Å²) in [6.45, 7) is 0.627. The average molecular weight is 391 g/mol. The minimum atomic E-state index is -0.527. The number of hydrogen-bond acceptors (Lipinski definition) is 4. The van der Waals surface area contributed by atoms with Crippen LogP contribution in [0, 0.1) is 0 Å². The molecule has 3 aromatic rings. The van der Waals surface area contributed by atoms with E-state index >= 15 is 0 Å². The molecule has 0 unspecified atom stereocenters. The van der Waals surface area contributed by atoms with Crippen molar-refractivity contribution in [3.8, 4) is 0 Å². The van der Waals surface area contributed by atoms with Crippen LogP contribution in [0.25, 0.3) is 6.08 Å². The molecule has 0 saturated carbocycles. The van der Waals surface area contributed by atoms with Crippen molar-refractivity contribution in [3.63, 3.8) is 0 Å². The number of esters is 1. The van der Waals surface area contributed by atoms with Crippen molar-refractivity contribution in [2.45, 2.75) is 13.1 Å². The number of amides is 1. The summed E-state index contributed by atoms with van der Waals surface area (Å²) in [6, 6.07) is 23.3. The third kappa shape index (κ3) is 6.21. The van der Waals surface area contributed by atoms with Crippen molar-refractivity contribution in [2.75, 3.05) is 6.61 Å². The predicted molar refractivity (Wildman–Crippen MR) is 111 cm³/mol. The van der Waals surface area contributed by atoms with Crippen LogP contribution < -0.4 is 0 Å². The highest BCUT2D eigenvalue weighted by Gasteiger charge is 2.16. The fraction of sp³-hybridized carbons (Fsp3) is 0.130. The molecule has 0 bridgehead atoms. The molecule has 3 rings (SSSR count). The second-order valence-corrected chi connectivity index (χ2v) is 7.16. The minimum Gasteiger partial charge on any atom is -0.452 e. The highest BCUT2D eigenvalue weighted by molar-refractivity contribution is 7.10. The molecule has 0 saturated heterocycles. The molecule has 0 atom stereocenters. The van der Waals surface area contributed by atoms with Crippen LogP contribution in [-0.4, -0.2) is 23.4 Å². The van der Waals surface area contributed by atoms with Gasteiger partial charge in [0.2, 0.25) is 0 Å². The Labute approximate surface area is 168 Å². The second kappa shape index (κ2) is 10.2. The van der Waals surface area contributed by atoms with Crippen molar-refractivity contribution >= 4 is 29.3 Å². The first-order valence-electron chi connectivity index (χ1n) is 8.94. The Morgan fingerprint density at radius 2 is 1.46 bits per heavy atom. The number of nitrogens with zero attached hydrogens (tertiary/aromatic N) is 1. The zero-order valence-electron chi connectivity index (χ0n) is 15.4. The first-order valence-corrected chi connectivity index (χ1v) is 9.82. The van der Waals surface area contributed by atoms with E-state index in [9.17, 15) is 9.59 Å². The number of benzene rings is 2. The van der Waals surface area contributed by atoms with Gasteiger partial charge in [-0.25, -0.2) is 4.79 Å². The van der Waals surface area contributed by atoms with Crippen LogP contribution in [-0.2, 0) is 27.4 Å². The lowest BCUT2D eigenvalue weighted by Crippen LogP contribution is -2.33. The minimum absolute atomic E-state index is 0.231.